The highest BCUT2D eigenvalue weighted by Gasteiger charge is 2.35. The van der Waals surface area contributed by atoms with Crippen molar-refractivity contribution < 1.29 is 18.3 Å². The Morgan fingerprint density at radius 1 is 1.47 bits per heavy atom. The van der Waals surface area contributed by atoms with Crippen LogP contribution in [0.2, 0.25) is 4.34 Å². The third-order valence-electron chi connectivity index (χ3n) is 2.55. The molecule has 0 bridgehead atoms. The van der Waals surface area contributed by atoms with Gasteiger partial charge in [-0.2, -0.15) is 13.2 Å². The molecule has 1 heterocycles. The molecule has 3 nitrogen and oxygen atoms in total. The molecule has 1 rings (SSSR count). The summed E-state index contributed by atoms with van der Waals surface area (Å²) < 4.78 is 38.3. The molecule has 1 aromatic rings. The normalized spacial score (nSPS) is 15.8. The predicted octanol–water partition coefficient (Wildman–Crippen LogP) is 2.65. The Hall–Kier alpha value is -0.340. The first-order valence-electron chi connectivity index (χ1n) is 5.67. The van der Waals surface area contributed by atoms with Crippen LogP contribution < -0.4 is 5.73 Å². The minimum Gasteiger partial charge on any atom is -0.395 e. The lowest BCUT2D eigenvalue weighted by Gasteiger charge is -2.33. The highest BCUT2D eigenvalue weighted by atomic mass is 35.5. The predicted molar refractivity (Wildman–Crippen MR) is 70.4 cm³/mol. The van der Waals surface area contributed by atoms with Crippen molar-refractivity contribution in [2.24, 2.45) is 5.73 Å². The van der Waals surface area contributed by atoms with E-state index in [0.29, 0.717) is 9.21 Å². The molecule has 0 aromatic carbocycles. The molecule has 110 valence electrons. The summed E-state index contributed by atoms with van der Waals surface area (Å²) in [5, 5.41) is 8.94. The van der Waals surface area contributed by atoms with Gasteiger partial charge in [0.2, 0.25) is 0 Å². The van der Waals surface area contributed by atoms with Gasteiger partial charge in [0.05, 0.1) is 23.5 Å². The van der Waals surface area contributed by atoms with E-state index in [1.807, 2.05) is 0 Å². The Labute approximate surface area is 118 Å². The van der Waals surface area contributed by atoms with Crippen molar-refractivity contribution in [1.29, 1.82) is 0 Å². The molecule has 3 N–H and O–H groups in total. The lowest BCUT2D eigenvalue weighted by molar-refractivity contribution is -0.152. The van der Waals surface area contributed by atoms with Crippen LogP contribution in [0, 0.1) is 0 Å². The fourth-order valence-corrected chi connectivity index (χ4v) is 3.25. The number of nitrogens with zero attached hydrogens (tertiary/aromatic N) is 1. The Morgan fingerprint density at radius 2 is 2.11 bits per heavy atom. The van der Waals surface area contributed by atoms with E-state index >= 15 is 0 Å². The van der Waals surface area contributed by atoms with Crippen LogP contribution in [0.15, 0.2) is 12.1 Å². The zero-order valence-electron chi connectivity index (χ0n) is 10.3. The zero-order chi connectivity index (χ0) is 14.6. The van der Waals surface area contributed by atoms with Gasteiger partial charge >= 0.3 is 6.18 Å². The summed E-state index contributed by atoms with van der Waals surface area (Å²) in [6.45, 7) is 0.0635. The van der Waals surface area contributed by atoms with Crippen LogP contribution in [-0.2, 0) is 0 Å². The van der Waals surface area contributed by atoms with Gasteiger partial charge in [0, 0.05) is 17.5 Å². The van der Waals surface area contributed by atoms with E-state index in [1.54, 1.807) is 19.1 Å². The van der Waals surface area contributed by atoms with E-state index in [9.17, 15) is 13.2 Å². The maximum absolute atomic E-state index is 12.6. The fourth-order valence-electron chi connectivity index (χ4n) is 1.93. The molecule has 0 saturated heterocycles. The second kappa shape index (κ2) is 6.90. The Bertz CT molecular complexity index is 398. The summed E-state index contributed by atoms with van der Waals surface area (Å²) in [5.41, 5.74) is 5.80. The van der Waals surface area contributed by atoms with E-state index in [0.717, 1.165) is 4.90 Å². The van der Waals surface area contributed by atoms with Gasteiger partial charge in [-0.1, -0.05) is 11.6 Å². The van der Waals surface area contributed by atoms with Crippen molar-refractivity contribution >= 4 is 22.9 Å². The fraction of sp³-hybridized carbons (Fsp3) is 0.636. The van der Waals surface area contributed by atoms with Crippen LogP contribution in [0.1, 0.15) is 17.8 Å². The van der Waals surface area contributed by atoms with Gasteiger partial charge in [0.1, 0.15) is 0 Å². The molecule has 2 unspecified atom stereocenters. The molecule has 2 atom stereocenters. The average Bonchev–Trinajstić information content (AvgIpc) is 2.62. The maximum atomic E-state index is 12.6. The highest BCUT2D eigenvalue weighted by molar-refractivity contribution is 7.16. The van der Waals surface area contributed by atoms with Crippen molar-refractivity contribution in [2.45, 2.75) is 25.2 Å². The first-order chi connectivity index (χ1) is 8.74. The summed E-state index contributed by atoms with van der Waals surface area (Å²) >= 11 is 7.01. The van der Waals surface area contributed by atoms with E-state index in [-0.39, 0.29) is 13.2 Å². The summed E-state index contributed by atoms with van der Waals surface area (Å²) in [4.78, 5) is 1.80. The molecule has 19 heavy (non-hydrogen) atoms. The van der Waals surface area contributed by atoms with Crippen LogP contribution in [0.3, 0.4) is 0 Å². The average molecular weight is 317 g/mol. The largest absolute Gasteiger partial charge is 0.401 e. The lowest BCUT2D eigenvalue weighted by Crippen LogP contribution is -2.44. The first kappa shape index (κ1) is 16.7. The minimum atomic E-state index is -4.34. The summed E-state index contributed by atoms with van der Waals surface area (Å²) in [6.07, 6.45) is -4.34. The number of hydrogen-bond acceptors (Lipinski definition) is 4. The monoisotopic (exact) mass is 316 g/mol. The summed E-state index contributed by atoms with van der Waals surface area (Å²) in [5.74, 6) is 0. The molecule has 0 aliphatic carbocycles. The number of alkyl halides is 3. The standard InChI is InChI=1S/C11H16ClF3N2OS/c1-7(16)10(8-2-3-9(12)19-8)17(4-5-18)6-11(13,14)15/h2-3,7,10,18H,4-6,16H2,1H3. The molecule has 0 saturated carbocycles. The number of nitrogens with two attached hydrogens (primary N) is 1. The Morgan fingerprint density at radius 3 is 2.47 bits per heavy atom. The third kappa shape index (κ3) is 5.27. The van der Waals surface area contributed by atoms with Gasteiger partial charge in [-0.15, -0.1) is 11.3 Å². The number of thiophene rings is 1. The molecule has 0 aliphatic heterocycles. The van der Waals surface area contributed by atoms with Gasteiger partial charge in [-0.25, -0.2) is 0 Å². The van der Waals surface area contributed by atoms with Crippen LogP contribution in [0.5, 0.6) is 0 Å². The topological polar surface area (TPSA) is 49.5 Å². The number of halogens is 4. The second-order valence-corrected chi connectivity index (χ2v) is 6.00. The second-order valence-electron chi connectivity index (χ2n) is 4.26. The molecule has 0 amide bonds. The highest BCUT2D eigenvalue weighted by Crippen LogP contribution is 2.33. The first-order valence-corrected chi connectivity index (χ1v) is 6.86. The van der Waals surface area contributed by atoms with Crippen molar-refractivity contribution in [3.63, 3.8) is 0 Å². The zero-order valence-corrected chi connectivity index (χ0v) is 11.9. The van der Waals surface area contributed by atoms with Crippen LogP contribution in [-0.4, -0.2) is 41.9 Å². The van der Waals surface area contributed by atoms with Gasteiger partial charge in [0.25, 0.3) is 0 Å². The third-order valence-corrected chi connectivity index (χ3v) is 3.85. The lowest BCUT2D eigenvalue weighted by atomic mass is 10.1. The van der Waals surface area contributed by atoms with Crippen molar-refractivity contribution in [3.8, 4) is 0 Å². The van der Waals surface area contributed by atoms with Crippen LogP contribution in [0.25, 0.3) is 0 Å². The van der Waals surface area contributed by atoms with Crippen molar-refractivity contribution in [3.05, 3.63) is 21.3 Å². The van der Waals surface area contributed by atoms with Gasteiger partial charge in [0.15, 0.2) is 0 Å². The van der Waals surface area contributed by atoms with E-state index < -0.39 is 24.8 Å². The van der Waals surface area contributed by atoms with E-state index in [1.165, 1.54) is 11.3 Å². The smallest absolute Gasteiger partial charge is 0.395 e. The van der Waals surface area contributed by atoms with E-state index in [4.69, 9.17) is 22.4 Å². The molecule has 0 spiro atoms. The molecule has 0 aliphatic rings. The number of hydrogen-bond donors (Lipinski definition) is 2. The minimum absolute atomic E-state index is 0.0960. The van der Waals surface area contributed by atoms with Crippen molar-refractivity contribution in [2.75, 3.05) is 19.7 Å². The van der Waals surface area contributed by atoms with Gasteiger partial charge in [-0.3, -0.25) is 4.90 Å². The quantitative estimate of drug-likeness (QED) is 0.848. The molecule has 0 radical (unpaired) electrons. The molecule has 0 fully saturated rings. The molecule has 1 aromatic heterocycles. The summed E-state index contributed by atoms with van der Waals surface area (Å²) in [7, 11) is 0. The molecular formula is C11H16ClF3N2OS. The maximum Gasteiger partial charge on any atom is 0.401 e. The number of aliphatic hydroxyl groups is 1. The summed E-state index contributed by atoms with van der Waals surface area (Å²) in [6, 6.07) is 2.17. The molecular weight excluding hydrogens is 301 g/mol. The van der Waals surface area contributed by atoms with Crippen LogP contribution in [0.4, 0.5) is 13.2 Å². The SMILES string of the molecule is CC(N)C(c1ccc(Cl)s1)N(CCO)CC(F)(F)F. The Kier molecular flexibility index (Phi) is 6.07. The number of aliphatic hydroxyl groups excluding tert-OH is 1. The Balaban J connectivity index is 2.99. The molecule has 8 heteroatoms. The number of rotatable bonds is 6. The van der Waals surface area contributed by atoms with Crippen molar-refractivity contribution in [1.82, 2.24) is 4.90 Å². The van der Waals surface area contributed by atoms with E-state index in [2.05, 4.69) is 0 Å². The van der Waals surface area contributed by atoms with Gasteiger partial charge < -0.3 is 10.8 Å². The van der Waals surface area contributed by atoms with Gasteiger partial charge in [-0.05, 0) is 19.1 Å². The van der Waals surface area contributed by atoms with Crippen LogP contribution >= 0.6 is 22.9 Å².